The average molecular weight is 520 g/mol. The molecule has 0 aromatic heterocycles. The van der Waals surface area contributed by atoms with Crippen LogP contribution in [0.3, 0.4) is 0 Å². The summed E-state index contributed by atoms with van der Waals surface area (Å²) in [5.74, 6) is -1.42. The minimum absolute atomic E-state index is 0.0816. The number of rotatable bonds is 12. The molecule has 0 aliphatic heterocycles. The summed E-state index contributed by atoms with van der Waals surface area (Å²) < 4.78 is 10.1. The number of methoxy groups -OCH3 is 1. The summed E-state index contributed by atoms with van der Waals surface area (Å²) in [6.07, 6.45) is 1.05. The Morgan fingerprint density at radius 2 is 1.59 bits per heavy atom. The van der Waals surface area contributed by atoms with E-state index in [0.29, 0.717) is 18.4 Å². The van der Waals surface area contributed by atoms with Crippen molar-refractivity contribution in [3.8, 4) is 0 Å². The molecule has 0 radical (unpaired) electrons. The molecule has 0 aliphatic carbocycles. The second-order valence-electron chi connectivity index (χ2n) is 10.6. The van der Waals surface area contributed by atoms with E-state index in [-0.39, 0.29) is 18.5 Å². The monoisotopic (exact) mass is 519 g/mol. The Bertz CT molecular complexity index is 907. The fourth-order valence-electron chi connectivity index (χ4n) is 3.82. The van der Waals surface area contributed by atoms with Gasteiger partial charge in [-0.2, -0.15) is 0 Å². The maximum atomic E-state index is 14.1. The highest BCUT2D eigenvalue weighted by Gasteiger charge is 2.38. The SMILES string of the molecule is CCc1ccc(C(C(=O)NCC(=O)OC)N(C(=O)C(CC(C)C)NC(=O)OC(C)(C)C)C(C)CC)cc1. The van der Waals surface area contributed by atoms with Crippen molar-refractivity contribution in [2.45, 2.75) is 98.4 Å². The van der Waals surface area contributed by atoms with Crippen LogP contribution in [0.5, 0.6) is 0 Å². The van der Waals surface area contributed by atoms with Crippen molar-refractivity contribution in [2.24, 2.45) is 5.92 Å². The molecular weight excluding hydrogens is 474 g/mol. The summed E-state index contributed by atoms with van der Waals surface area (Å²) in [5, 5.41) is 5.34. The van der Waals surface area contributed by atoms with Gasteiger partial charge in [0, 0.05) is 6.04 Å². The number of aryl methyl sites for hydroxylation is 1. The van der Waals surface area contributed by atoms with Crippen molar-refractivity contribution >= 4 is 23.9 Å². The first-order chi connectivity index (χ1) is 17.2. The molecule has 208 valence electrons. The van der Waals surface area contributed by atoms with E-state index in [0.717, 1.165) is 12.0 Å². The Kier molecular flexibility index (Phi) is 12.6. The van der Waals surface area contributed by atoms with Gasteiger partial charge in [-0.25, -0.2) is 4.79 Å². The van der Waals surface area contributed by atoms with Crippen molar-refractivity contribution in [3.63, 3.8) is 0 Å². The van der Waals surface area contributed by atoms with Crippen LogP contribution in [0.15, 0.2) is 24.3 Å². The number of nitrogens with one attached hydrogen (secondary N) is 2. The van der Waals surface area contributed by atoms with E-state index >= 15 is 0 Å². The number of benzene rings is 1. The third-order valence-electron chi connectivity index (χ3n) is 5.88. The number of amides is 3. The Labute approximate surface area is 221 Å². The molecule has 1 aromatic rings. The number of alkyl carbamates (subject to hydrolysis) is 1. The van der Waals surface area contributed by atoms with Gasteiger partial charge >= 0.3 is 12.1 Å². The number of esters is 1. The lowest BCUT2D eigenvalue weighted by Gasteiger charge is -2.38. The van der Waals surface area contributed by atoms with Gasteiger partial charge in [0.05, 0.1) is 7.11 Å². The van der Waals surface area contributed by atoms with Crippen LogP contribution < -0.4 is 10.6 Å². The van der Waals surface area contributed by atoms with E-state index in [1.807, 2.05) is 58.9 Å². The first kappa shape index (κ1) is 31.9. The molecule has 37 heavy (non-hydrogen) atoms. The summed E-state index contributed by atoms with van der Waals surface area (Å²) in [7, 11) is 1.24. The molecule has 3 unspecified atom stereocenters. The van der Waals surface area contributed by atoms with Crippen LogP contribution >= 0.6 is 0 Å². The quantitative estimate of drug-likeness (QED) is 0.401. The molecular formula is C28H45N3O6. The standard InChI is InChI=1S/C28H45N3O6/c1-10-19(5)31(26(34)22(16-18(3)4)30-27(35)37-28(6,7)8)24(25(33)29-17-23(32)36-9)21-14-12-20(11-2)13-15-21/h12-15,18-19,22,24H,10-11,16-17H2,1-9H3,(H,29,33)(H,30,35). The zero-order valence-electron chi connectivity index (χ0n) is 23.8. The molecule has 3 amide bonds. The van der Waals surface area contributed by atoms with Gasteiger partial charge in [0.2, 0.25) is 11.8 Å². The Morgan fingerprint density at radius 3 is 2.05 bits per heavy atom. The molecule has 2 N–H and O–H groups in total. The number of nitrogens with zero attached hydrogens (tertiary/aromatic N) is 1. The first-order valence-corrected chi connectivity index (χ1v) is 13.0. The molecule has 0 saturated carbocycles. The van der Waals surface area contributed by atoms with Gasteiger partial charge in [-0.05, 0) is 64.0 Å². The van der Waals surface area contributed by atoms with Gasteiger partial charge < -0.3 is 25.0 Å². The minimum Gasteiger partial charge on any atom is -0.468 e. The molecule has 0 saturated heterocycles. The van der Waals surface area contributed by atoms with Gasteiger partial charge in [0.15, 0.2) is 0 Å². The number of hydrogen-bond acceptors (Lipinski definition) is 6. The summed E-state index contributed by atoms with van der Waals surface area (Å²) in [6, 6.07) is 5.20. The van der Waals surface area contributed by atoms with Crippen LogP contribution in [0.4, 0.5) is 4.79 Å². The van der Waals surface area contributed by atoms with E-state index in [4.69, 9.17) is 4.74 Å². The summed E-state index contributed by atoms with van der Waals surface area (Å²) >= 11 is 0. The topological polar surface area (TPSA) is 114 Å². The molecule has 0 bridgehead atoms. The van der Waals surface area contributed by atoms with Crippen LogP contribution in [0.1, 0.15) is 85.4 Å². The normalized spacial score (nSPS) is 13.8. The fourth-order valence-corrected chi connectivity index (χ4v) is 3.82. The van der Waals surface area contributed by atoms with Crippen molar-refractivity contribution in [3.05, 3.63) is 35.4 Å². The molecule has 9 nitrogen and oxygen atoms in total. The van der Waals surface area contributed by atoms with Crippen molar-refractivity contribution < 1.29 is 28.7 Å². The highest BCUT2D eigenvalue weighted by atomic mass is 16.6. The van der Waals surface area contributed by atoms with Crippen molar-refractivity contribution in [1.82, 2.24) is 15.5 Å². The minimum atomic E-state index is -1.02. The average Bonchev–Trinajstić information content (AvgIpc) is 2.82. The molecule has 0 fully saturated rings. The van der Waals surface area contributed by atoms with Crippen LogP contribution in [0.2, 0.25) is 0 Å². The van der Waals surface area contributed by atoms with Gasteiger partial charge in [-0.15, -0.1) is 0 Å². The van der Waals surface area contributed by atoms with Crippen LogP contribution in [0.25, 0.3) is 0 Å². The molecule has 9 heteroatoms. The predicted molar refractivity (Wildman–Crippen MR) is 143 cm³/mol. The Hall–Kier alpha value is -3.10. The fraction of sp³-hybridized carbons (Fsp3) is 0.643. The van der Waals surface area contributed by atoms with E-state index in [2.05, 4.69) is 15.4 Å². The highest BCUT2D eigenvalue weighted by Crippen LogP contribution is 2.27. The van der Waals surface area contributed by atoms with E-state index in [1.54, 1.807) is 20.8 Å². The number of hydrogen-bond donors (Lipinski definition) is 2. The lowest BCUT2D eigenvalue weighted by atomic mass is 9.96. The number of carbonyl (C=O) groups excluding carboxylic acids is 4. The Morgan fingerprint density at radius 1 is 1.00 bits per heavy atom. The smallest absolute Gasteiger partial charge is 0.408 e. The summed E-state index contributed by atoms with van der Waals surface area (Å²) in [6.45, 7) is 14.6. The van der Waals surface area contributed by atoms with Crippen molar-refractivity contribution in [1.29, 1.82) is 0 Å². The zero-order valence-corrected chi connectivity index (χ0v) is 23.8. The highest BCUT2D eigenvalue weighted by molar-refractivity contribution is 5.93. The summed E-state index contributed by atoms with van der Waals surface area (Å²) in [4.78, 5) is 53.5. The van der Waals surface area contributed by atoms with Crippen LogP contribution in [0, 0.1) is 5.92 Å². The lowest BCUT2D eigenvalue weighted by Crippen LogP contribution is -2.56. The molecule has 0 heterocycles. The number of carbonyl (C=O) groups is 4. The van der Waals surface area contributed by atoms with E-state index < -0.39 is 41.6 Å². The molecule has 3 atom stereocenters. The molecule has 0 aliphatic rings. The molecule has 1 rings (SSSR count). The van der Waals surface area contributed by atoms with Gasteiger partial charge in [-0.1, -0.05) is 52.0 Å². The van der Waals surface area contributed by atoms with E-state index in [1.165, 1.54) is 12.0 Å². The molecule has 1 aromatic carbocycles. The largest absolute Gasteiger partial charge is 0.468 e. The maximum Gasteiger partial charge on any atom is 0.408 e. The molecule has 0 spiro atoms. The summed E-state index contributed by atoms with van der Waals surface area (Å²) in [5.41, 5.74) is 0.959. The zero-order chi connectivity index (χ0) is 28.3. The second kappa shape index (κ2) is 14.6. The number of ether oxygens (including phenoxy) is 2. The third kappa shape index (κ3) is 10.4. The van der Waals surface area contributed by atoms with Gasteiger partial charge in [0.25, 0.3) is 0 Å². The van der Waals surface area contributed by atoms with Crippen molar-refractivity contribution in [2.75, 3.05) is 13.7 Å². The maximum absolute atomic E-state index is 14.1. The predicted octanol–water partition coefficient (Wildman–Crippen LogP) is 4.15. The van der Waals surface area contributed by atoms with Gasteiger partial charge in [0.1, 0.15) is 24.2 Å². The lowest BCUT2D eigenvalue weighted by molar-refractivity contribution is -0.146. The third-order valence-corrected chi connectivity index (χ3v) is 5.88. The van der Waals surface area contributed by atoms with Crippen LogP contribution in [-0.4, -0.2) is 60.1 Å². The van der Waals surface area contributed by atoms with E-state index in [9.17, 15) is 19.2 Å². The first-order valence-electron chi connectivity index (χ1n) is 13.0. The second-order valence-corrected chi connectivity index (χ2v) is 10.6. The van der Waals surface area contributed by atoms with Gasteiger partial charge in [-0.3, -0.25) is 14.4 Å². The Balaban J connectivity index is 3.52. The van der Waals surface area contributed by atoms with Crippen LogP contribution in [-0.2, 0) is 30.3 Å².